The molecule has 0 fully saturated rings. The minimum absolute atomic E-state index is 0.00513. The highest BCUT2D eigenvalue weighted by Gasteiger charge is 2.63. The summed E-state index contributed by atoms with van der Waals surface area (Å²) in [4.78, 5) is 40.2. The first-order chi connectivity index (χ1) is 16.9. The van der Waals surface area contributed by atoms with Gasteiger partial charge in [-0.25, -0.2) is 0 Å². The summed E-state index contributed by atoms with van der Waals surface area (Å²) >= 11 is 0. The van der Waals surface area contributed by atoms with Gasteiger partial charge in [-0.05, 0) is 24.0 Å². The maximum atomic E-state index is 14.5. The standard InChI is InChI=1S/C26H28F3N3O4/c1-4-21-24(35)32(22(16-31(21)18(3)34)20-13-9-6-10-14-20)23(15-19-11-7-5-8-12-19)25(36,26(27,28)29)30-17(2)33/h5-14,16,21,23,36H,4,15H2,1-3H3,(H,30,33). The number of hydrogen-bond acceptors (Lipinski definition) is 4. The molecule has 0 bridgehead atoms. The van der Waals surface area contributed by atoms with Crippen LogP contribution in [0, 0.1) is 0 Å². The maximum Gasteiger partial charge on any atom is 0.438 e. The van der Waals surface area contributed by atoms with E-state index >= 15 is 0 Å². The van der Waals surface area contributed by atoms with E-state index in [4.69, 9.17) is 0 Å². The van der Waals surface area contributed by atoms with Crippen LogP contribution < -0.4 is 5.32 Å². The molecular weight excluding hydrogens is 475 g/mol. The predicted molar refractivity (Wildman–Crippen MR) is 127 cm³/mol. The molecule has 0 aromatic heterocycles. The Balaban J connectivity index is 2.32. The number of hydrogen-bond donors (Lipinski definition) is 2. The summed E-state index contributed by atoms with van der Waals surface area (Å²) in [5.74, 6) is -2.39. The van der Waals surface area contributed by atoms with Gasteiger partial charge in [0, 0.05) is 20.0 Å². The van der Waals surface area contributed by atoms with E-state index in [1.54, 1.807) is 72.9 Å². The number of carbonyl (C=O) groups excluding carboxylic acids is 3. The van der Waals surface area contributed by atoms with Gasteiger partial charge in [-0.15, -0.1) is 0 Å². The number of halogens is 3. The quantitative estimate of drug-likeness (QED) is 0.567. The lowest BCUT2D eigenvalue weighted by atomic mass is 9.90. The molecule has 0 radical (unpaired) electrons. The van der Waals surface area contributed by atoms with Gasteiger partial charge in [-0.3, -0.25) is 19.3 Å². The predicted octanol–water partition coefficient (Wildman–Crippen LogP) is 3.45. The summed E-state index contributed by atoms with van der Waals surface area (Å²) in [7, 11) is 0. The van der Waals surface area contributed by atoms with Crippen LogP contribution in [0.25, 0.3) is 5.70 Å². The molecule has 1 heterocycles. The SMILES string of the molecule is CCC1C(=O)N(C(Cc2ccccc2)C(O)(NC(C)=O)C(F)(F)F)C(c2ccccc2)=CN1C(C)=O. The van der Waals surface area contributed by atoms with E-state index in [0.717, 1.165) is 11.8 Å². The number of benzene rings is 2. The zero-order valence-corrected chi connectivity index (χ0v) is 20.1. The molecule has 3 unspecified atom stereocenters. The molecule has 3 amide bonds. The lowest BCUT2D eigenvalue weighted by Gasteiger charge is -2.48. The normalized spacial score (nSPS) is 18.8. The van der Waals surface area contributed by atoms with Gasteiger partial charge in [0.25, 0.3) is 11.6 Å². The van der Waals surface area contributed by atoms with Crippen molar-refractivity contribution < 1.29 is 32.7 Å². The fraction of sp³-hybridized carbons (Fsp3) is 0.346. The second-order valence-corrected chi connectivity index (χ2v) is 8.59. The highest BCUT2D eigenvalue weighted by molar-refractivity contribution is 5.97. The summed E-state index contributed by atoms with van der Waals surface area (Å²) in [6.45, 7) is 3.75. The second-order valence-electron chi connectivity index (χ2n) is 8.59. The Morgan fingerprint density at radius 1 is 1.03 bits per heavy atom. The van der Waals surface area contributed by atoms with E-state index in [1.807, 2.05) is 0 Å². The van der Waals surface area contributed by atoms with E-state index in [-0.39, 0.29) is 12.1 Å². The first kappa shape index (κ1) is 26.9. The molecule has 2 N–H and O–H groups in total. The molecule has 36 heavy (non-hydrogen) atoms. The molecule has 3 rings (SSSR count). The average molecular weight is 504 g/mol. The highest BCUT2D eigenvalue weighted by atomic mass is 19.4. The number of aliphatic hydroxyl groups is 1. The number of nitrogens with zero attached hydrogens (tertiary/aromatic N) is 2. The molecule has 3 atom stereocenters. The van der Waals surface area contributed by atoms with Crippen molar-refractivity contribution in [1.29, 1.82) is 0 Å². The van der Waals surface area contributed by atoms with E-state index < -0.39 is 48.1 Å². The van der Waals surface area contributed by atoms with Crippen LogP contribution in [0.5, 0.6) is 0 Å². The molecule has 192 valence electrons. The van der Waals surface area contributed by atoms with Gasteiger partial charge in [0.1, 0.15) is 6.04 Å². The van der Waals surface area contributed by atoms with Crippen LogP contribution in [0.1, 0.15) is 38.3 Å². The van der Waals surface area contributed by atoms with Crippen LogP contribution in [0.2, 0.25) is 0 Å². The minimum Gasteiger partial charge on any atom is -0.362 e. The molecule has 0 spiro atoms. The Morgan fingerprint density at radius 3 is 2.06 bits per heavy atom. The molecule has 7 nitrogen and oxygen atoms in total. The van der Waals surface area contributed by atoms with Crippen LogP contribution in [0.3, 0.4) is 0 Å². The Morgan fingerprint density at radius 2 is 1.58 bits per heavy atom. The van der Waals surface area contributed by atoms with Crippen molar-refractivity contribution in [3.63, 3.8) is 0 Å². The van der Waals surface area contributed by atoms with Crippen molar-refractivity contribution in [1.82, 2.24) is 15.1 Å². The third kappa shape index (κ3) is 5.28. The molecule has 2 aromatic carbocycles. The molecule has 1 aliphatic rings. The Labute approximate surface area is 207 Å². The first-order valence-corrected chi connectivity index (χ1v) is 11.4. The van der Waals surface area contributed by atoms with Crippen molar-refractivity contribution in [2.45, 2.75) is 57.6 Å². The molecule has 10 heteroatoms. The van der Waals surface area contributed by atoms with Crippen molar-refractivity contribution in [3.8, 4) is 0 Å². The first-order valence-electron chi connectivity index (χ1n) is 11.4. The zero-order valence-electron chi connectivity index (χ0n) is 20.1. The Hall–Kier alpha value is -3.66. The monoisotopic (exact) mass is 503 g/mol. The molecule has 0 saturated heterocycles. The van der Waals surface area contributed by atoms with Gasteiger partial charge in [-0.2, -0.15) is 13.2 Å². The van der Waals surface area contributed by atoms with Crippen molar-refractivity contribution in [2.75, 3.05) is 0 Å². The number of amides is 3. The van der Waals surface area contributed by atoms with E-state index in [1.165, 1.54) is 18.0 Å². The van der Waals surface area contributed by atoms with Gasteiger partial charge in [-0.1, -0.05) is 67.6 Å². The third-order valence-corrected chi connectivity index (χ3v) is 6.06. The third-order valence-electron chi connectivity index (χ3n) is 6.06. The summed E-state index contributed by atoms with van der Waals surface area (Å²) in [6.07, 6.45) is -4.34. The molecule has 0 saturated carbocycles. The van der Waals surface area contributed by atoms with Gasteiger partial charge in [0.15, 0.2) is 0 Å². The zero-order chi connectivity index (χ0) is 26.7. The largest absolute Gasteiger partial charge is 0.438 e. The maximum absolute atomic E-state index is 14.5. The van der Waals surface area contributed by atoms with Crippen molar-refractivity contribution in [3.05, 3.63) is 78.0 Å². The Bertz CT molecular complexity index is 1140. The summed E-state index contributed by atoms with van der Waals surface area (Å²) in [5.41, 5.74) is -3.04. The van der Waals surface area contributed by atoms with E-state index in [9.17, 15) is 32.7 Å². The second kappa shape index (κ2) is 10.5. The fourth-order valence-electron chi connectivity index (χ4n) is 4.38. The van der Waals surface area contributed by atoms with Crippen molar-refractivity contribution >= 4 is 23.4 Å². The fourth-order valence-corrected chi connectivity index (χ4v) is 4.38. The number of alkyl halides is 3. The summed E-state index contributed by atoms with van der Waals surface area (Å²) < 4.78 is 43.6. The topological polar surface area (TPSA) is 90.0 Å². The van der Waals surface area contributed by atoms with Crippen LogP contribution in [0.15, 0.2) is 66.9 Å². The molecule has 0 aliphatic carbocycles. The lowest BCUT2D eigenvalue weighted by molar-refractivity contribution is -0.287. The van der Waals surface area contributed by atoms with Crippen LogP contribution >= 0.6 is 0 Å². The number of carbonyl (C=O) groups is 3. The van der Waals surface area contributed by atoms with Crippen molar-refractivity contribution in [2.24, 2.45) is 0 Å². The van der Waals surface area contributed by atoms with E-state index in [2.05, 4.69) is 0 Å². The molecular formula is C26H28F3N3O4. The average Bonchev–Trinajstić information content (AvgIpc) is 2.82. The van der Waals surface area contributed by atoms with Gasteiger partial charge in [0.05, 0.1) is 11.7 Å². The number of rotatable bonds is 7. The van der Waals surface area contributed by atoms with Crippen LogP contribution in [-0.2, 0) is 20.8 Å². The van der Waals surface area contributed by atoms with Crippen LogP contribution in [0.4, 0.5) is 13.2 Å². The number of nitrogens with one attached hydrogen (secondary N) is 1. The van der Waals surface area contributed by atoms with Gasteiger partial charge in [0.2, 0.25) is 11.8 Å². The van der Waals surface area contributed by atoms with Gasteiger partial charge < -0.3 is 15.3 Å². The molecule has 1 aliphatic heterocycles. The highest BCUT2D eigenvalue weighted by Crippen LogP contribution is 2.40. The smallest absolute Gasteiger partial charge is 0.362 e. The minimum atomic E-state index is -5.35. The lowest BCUT2D eigenvalue weighted by Crippen LogP contribution is -2.72. The summed E-state index contributed by atoms with van der Waals surface area (Å²) in [5, 5.41) is 12.8. The van der Waals surface area contributed by atoms with Gasteiger partial charge >= 0.3 is 6.18 Å². The van der Waals surface area contributed by atoms with E-state index in [0.29, 0.717) is 11.1 Å². The van der Waals surface area contributed by atoms with Crippen LogP contribution in [-0.4, -0.2) is 56.6 Å². The summed E-state index contributed by atoms with van der Waals surface area (Å²) in [6, 6.07) is 13.1. The molecule has 2 aromatic rings. The Kier molecular flexibility index (Phi) is 7.88.